The highest BCUT2D eigenvalue weighted by atomic mass is 16.1. The molecule has 2 aromatic heterocycles. The third kappa shape index (κ3) is 4.13. The van der Waals surface area contributed by atoms with Gasteiger partial charge in [-0.25, -0.2) is 9.97 Å². The monoisotopic (exact) mass is 339 g/mol. The molecular formula is C19H25N5O. The van der Waals surface area contributed by atoms with Crippen LogP contribution in [0.5, 0.6) is 0 Å². The van der Waals surface area contributed by atoms with E-state index in [2.05, 4.69) is 26.3 Å². The van der Waals surface area contributed by atoms with Gasteiger partial charge in [0.05, 0.1) is 11.7 Å². The number of nitrogens with zero attached hydrogens (tertiary/aromatic N) is 4. The maximum Gasteiger partial charge on any atom is 0.226 e. The molecule has 132 valence electrons. The van der Waals surface area contributed by atoms with E-state index < -0.39 is 0 Å². The highest BCUT2D eigenvalue weighted by Gasteiger charge is 2.29. The van der Waals surface area contributed by atoms with Crippen LogP contribution < -0.4 is 10.2 Å². The minimum absolute atomic E-state index is 0.0401. The molecular weight excluding hydrogens is 314 g/mol. The van der Waals surface area contributed by atoms with Gasteiger partial charge < -0.3 is 10.2 Å². The van der Waals surface area contributed by atoms with Crippen molar-refractivity contribution in [3.63, 3.8) is 0 Å². The fourth-order valence-corrected chi connectivity index (χ4v) is 3.34. The predicted octanol–water partition coefficient (Wildman–Crippen LogP) is 2.51. The molecule has 3 heterocycles. The quantitative estimate of drug-likeness (QED) is 0.906. The first kappa shape index (κ1) is 17.3. The van der Waals surface area contributed by atoms with Crippen LogP contribution in [0, 0.1) is 13.8 Å². The number of amides is 1. The van der Waals surface area contributed by atoms with Gasteiger partial charge in [0, 0.05) is 37.1 Å². The van der Waals surface area contributed by atoms with Crippen molar-refractivity contribution in [1.29, 1.82) is 0 Å². The standard InChI is InChI=1S/C19H25N5O/c1-13-12-14(2)22-19(21-13)24-11-5-8-17(24)16-7-4-6-15(23-16)9-10-18(25)20-3/h4,6-7,12,17H,5,8-11H2,1-3H3,(H,20,25)/t17-/m1/s1. The van der Waals surface area contributed by atoms with Crippen molar-refractivity contribution in [1.82, 2.24) is 20.3 Å². The van der Waals surface area contributed by atoms with E-state index in [-0.39, 0.29) is 11.9 Å². The third-order valence-electron chi connectivity index (χ3n) is 4.54. The van der Waals surface area contributed by atoms with Gasteiger partial charge in [-0.3, -0.25) is 9.78 Å². The lowest BCUT2D eigenvalue weighted by Gasteiger charge is -2.25. The van der Waals surface area contributed by atoms with E-state index >= 15 is 0 Å². The summed E-state index contributed by atoms with van der Waals surface area (Å²) in [6.07, 6.45) is 3.26. The van der Waals surface area contributed by atoms with Gasteiger partial charge in [-0.1, -0.05) is 6.07 Å². The normalized spacial score (nSPS) is 16.9. The lowest BCUT2D eigenvalue weighted by molar-refractivity contribution is -0.120. The Morgan fingerprint density at radius 3 is 2.72 bits per heavy atom. The SMILES string of the molecule is CNC(=O)CCc1cccc([C@H]2CCCN2c2nc(C)cc(C)n2)n1. The van der Waals surface area contributed by atoms with Gasteiger partial charge in [-0.2, -0.15) is 0 Å². The number of anilines is 1. The van der Waals surface area contributed by atoms with E-state index in [4.69, 9.17) is 4.98 Å². The van der Waals surface area contributed by atoms with Gasteiger partial charge in [0.2, 0.25) is 11.9 Å². The van der Waals surface area contributed by atoms with Gasteiger partial charge in [0.1, 0.15) is 0 Å². The van der Waals surface area contributed by atoms with Crippen LogP contribution in [0.1, 0.15) is 48.1 Å². The van der Waals surface area contributed by atoms with Gasteiger partial charge >= 0.3 is 0 Å². The summed E-state index contributed by atoms with van der Waals surface area (Å²) in [6.45, 7) is 4.94. The maximum atomic E-state index is 11.5. The fraction of sp³-hybridized carbons (Fsp3) is 0.474. The van der Waals surface area contributed by atoms with Crippen LogP contribution in [0.15, 0.2) is 24.3 Å². The maximum absolute atomic E-state index is 11.5. The molecule has 1 aliphatic heterocycles. The molecule has 0 aromatic carbocycles. The van der Waals surface area contributed by atoms with E-state index in [9.17, 15) is 4.79 Å². The van der Waals surface area contributed by atoms with Crippen molar-refractivity contribution in [2.75, 3.05) is 18.5 Å². The van der Waals surface area contributed by atoms with Crippen molar-refractivity contribution < 1.29 is 4.79 Å². The number of pyridine rings is 1. The van der Waals surface area contributed by atoms with E-state index in [1.54, 1.807) is 7.05 Å². The zero-order valence-electron chi connectivity index (χ0n) is 15.1. The Morgan fingerprint density at radius 1 is 1.24 bits per heavy atom. The number of carbonyl (C=O) groups excluding carboxylic acids is 1. The Bertz CT molecular complexity index is 741. The highest BCUT2D eigenvalue weighted by molar-refractivity contribution is 5.75. The lowest BCUT2D eigenvalue weighted by Crippen LogP contribution is -2.26. The number of hydrogen-bond acceptors (Lipinski definition) is 5. The van der Waals surface area contributed by atoms with E-state index in [0.717, 1.165) is 48.1 Å². The minimum atomic E-state index is 0.0401. The van der Waals surface area contributed by atoms with Gasteiger partial charge in [0.15, 0.2) is 0 Å². The lowest BCUT2D eigenvalue weighted by atomic mass is 10.1. The third-order valence-corrected chi connectivity index (χ3v) is 4.54. The second-order valence-corrected chi connectivity index (χ2v) is 6.53. The second kappa shape index (κ2) is 7.59. The molecule has 2 aromatic rings. The van der Waals surface area contributed by atoms with Gasteiger partial charge in [-0.05, 0) is 51.3 Å². The van der Waals surface area contributed by atoms with Crippen molar-refractivity contribution >= 4 is 11.9 Å². The summed E-state index contributed by atoms with van der Waals surface area (Å²) in [5, 5.41) is 2.65. The van der Waals surface area contributed by atoms with Crippen LogP contribution in [0.4, 0.5) is 5.95 Å². The average molecular weight is 339 g/mol. The van der Waals surface area contributed by atoms with Crippen molar-refractivity contribution in [3.05, 3.63) is 47.0 Å². The molecule has 25 heavy (non-hydrogen) atoms. The Morgan fingerprint density at radius 2 is 2.00 bits per heavy atom. The molecule has 0 unspecified atom stereocenters. The molecule has 0 aliphatic carbocycles. The highest BCUT2D eigenvalue weighted by Crippen LogP contribution is 2.33. The molecule has 6 heteroatoms. The van der Waals surface area contributed by atoms with Crippen LogP contribution in [0.25, 0.3) is 0 Å². The van der Waals surface area contributed by atoms with Crippen LogP contribution in [0.3, 0.4) is 0 Å². The van der Waals surface area contributed by atoms with Gasteiger partial charge in [-0.15, -0.1) is 0 Å². The first-order chi connectivity index (χ1) is 12.1. The Kier molecular flexibility index (Phi) is 5.26. The summed E-state index contributed by atoms with van der Waals surface area (Å²) in [5.74, 6) is 0.830. The molecule has 1 N–H and O–H groups in total. The molecule has 1 saturated heterocycles. The van der Waals surface area contributed by atoms with Crippen molar-refractivity contribution in [2.45, 2.75) is 45.6 Å². The summed E-state index contributed by atoms with van der Waals surface area (Å²) in [6, 6.07) is 8.27. The molecule has 3 rings (SSSR count). The fourth-order valence-electron chi connectivity index (χ4n) is 3.34. The van der Waals surface area contributed by atoms with Crippen molar-refractivity contribution in [3.8, 4) is 0 Å². The van der Waals surface area contributed by atoms with Crippen LogP contribution in [-0.4, -0.2) is 34.5 Å². The second-order valence-electron chi connectivity index (χ2n) is 6.53. The molecule has 0 radical (unpaired) electrons. The molecule has 0 saturated carbocycles. The average Bonchev–Trinajstić information content (AvgIpc) is 3.09. The van der Waals surface area contributed by atoms with E-state index in [1.165, 1.54) is 0 Å². The number of aromatic nitrogens is 3. The molecule has 1 atom stereocenters. The first-order valence-electron chi connectivity index (χ1n) is 8.82. The van der Waals surface area contributed by atoms with Crippen LogP contribution >= 0.6 is 0 Å². The Balaban J connectivity index is 1.81. The number of carbonyl (C=O) groups is 1. The van der Waals surface area contributed by atoms with E-state index in [0.29, 0.717) is 12.8 Å². The molecule has 6 nitrogen and oxygen atoms in total. The summed E-state index contributed by atoms with van der Waals surface area (Å²) >= 11 is 0. The zero-order chi connectivity index (χ0) is 17.8. The number of aryl methyl sites for hydroxylation is 3. The van der Waals surface area contributed by atoms with Gasteiger partial charge in [0.25, 0.3) is 0 Å². The summed E-state index contributed by atoms with van der Waals surface area (Å²) in [7, 11) is 1.66. The first-order valence-corrected chi connectivity index (χ1v) is 8.82. The van der Waals surface area contributed by atoms with Crippen LogP contribution in [-0.2, 0) is 11.2 Å². The molecule has 1 amide bonds. The van der Waals surface area contributed by atoms with E-state index in [1.807, 2.05) is 32.0 Å². The Hall–Kier alpha value is -2.50. The minimum Gasteiger partial charge on any atom is -0.359 e. The number of hydrogen-bond donors (Lipinski definition) is 1. The molecule has 1 aliphatic rings. The summed E-state index contributed by atoms with van der Waals surface area (Å²) < 4.78 is 0. The number of nitrogens with one attached hydrogen (secondary N) is 1. The van der Waals surface area contributed by atoms with Crippen molar-refractivity contribution in [2.24, 2.45) is 0 Å². The molecule has 0 spiro atoms. The zero-order valence-corrected chi connectivity index (χ0v) is 15.1. The Labute approximate surface area is 148 Å². The number of rotatable bonds is 5. The largest absolute Gasteiger partial charge is 0.359 e. The topological polar surface area (TPSA) is 71.0 Å². The van der Waals surface area contributed by atoms with Crippen LogP contribution in [0.2, 0.25) is 0 Å². The summed E-state index contributed by atoms with van der Waals surface area (Å²) in [4.78, 5) is 27.8. The molecule has 1 fully saturated rings. The smallest absolute Gasteiger partial charge is 0.226 e. The summed E-state index contributed by atoms with van der Waals surface area (Å²) in [5.41, 5.74) is 3.96. The predicted molar refractivity (Wildman–Crippen MR) is 97.5 cm³/mol. The molecule has 0 bridgehead atoms.